The Balaban J connectivity index is 2.95. The molecule has 86 valence electrons. The molecule has 0 heterocycles. The number of hydrogen-bond donors (Lipinski definition) is 0. The van der Waals surface area contributed by atoms with E-state index in [9.17, 15) is 0 Å². The number of nitriles is 1. The van der Waals surface area contributed by atoms with Crippen LogP contribution >= 0.6 is 0 Å². The number of aryl methyl sites for hydroxylation is 1. The molecule has 1 aromatic carbocycles. The van der Waals surface area contributed by atoms with Gasteiger partial charge in [-0.25, -0.2) is 0 Å². The van der Waals surface area contributed by atoms with Crippen LogP contribution in [0, 0.1) is 17.2 Å². The van der Waals surface area contributed by atoms with Crippen LogP contribution in [-0.4, -0.2) is 7.11 Å². The highest BCUT2D eigenvalue weighted by atomic mass is 16.5. The molecule has 0 amide bonds. The van der Waals surface area contributed by atoms with E-state index in [2.05, 4.69) is 25.1 Å². The Labute approximate surface area is 97.9 Å². The first-order chi connectivity index (χ1) is 7.74. The van der Waals surface area contributed by atoms with Crippen LogP contribution in [0.15, 0.2) is 18.2 Å². The average molecular weight is 217 g/mol. The molecule has 1 aromatic rings. The third-order valence-electron chi connectivity index (χ3n) is 2.89. The lowest BCUT2D eigenvalue weighted by molar-refractivity contribution is 0.407. The van der Waals surface area contributed by atoms with E-state index in [0.717, 1.165) is 30.6 Å². The Morgan fingerprint density at radius 1 is 1.38 bits per heavy atom. The van der Waals surface area contributed by atoms with Crippen molar-refractivity contribution in [3.8, 4) is 11.8 Å². The van der Waals surface area contributed by atoms with Crippen molar-refractivity contribution in [2.45, 2.75) is 33.1 Å². The lowest BCUT2D eigenvalue weighted by atomic mass is 9.96. The predicted molar refractivity (Wildman–Crippen MR) is 65.5 cm³/mol. The maximum Gasteiger partial charge on any atom is 0.122 e. The molecule has 0 fully saturated rings. The van der Waals surface area contributed by atoms with Gasteiger partial charge in [-0.3, -0.25) is 0 Å². The number of methoxy groups -OCH3 is 1. The largest absolute Gasteiger partial charge is 0.496 e. The SMILES string of the molecule is CCc1ccc(OC)c(CC(C#N)CC)c1. The topological polar surface area (TPSA) is 33.0 Å². The highest BCUT2D eigenvalue weighted by Crippen LogP contribution is 2.24. The molecule has 0 aliphatic rings. The summed E-state index contributed by atoms with van der Waals surface area (Å²) >= 11 is 0. The van der Waals surface area contributed by atoms with Crippen molar-refractivity contribution in [1.29, 1.82) is 5.26 Å². The predicted octanol–water partition coefficient (Wildman–Crippen LogP) is 3.35. The first-order valence-electron chi connectivity index (χ1n) is 5.80. The van der Waals surface area contributed by atoms with Crippen LogP contribution in [0.4, 0.5) is 0 Å². The molecule has 1 rings (SSSR count). The molecule has 0 aliphatic carbocycles. The second kappa shape index (κ2) is 6.17. The quantitative estimate of drug-likeness (QED) is 0.757. The van der Waals surface area contributed by atoms with E-state index in [1.807, 2.05) is 13.0 Å². The van der Waals surface area contributed by atoms with Gasteiger partial charge in [0.05, 0.1) is 19.1 Å². The molecule has 1 unspecified atom stereocenters. The van der Waals surface area contributed by atoms with E-state index in [1.54, 1.807) is 7.11 Å². The van der Waals surface area contributed by atoms with Crippen molar-refractivity contribution in [3.63, 3.8) is 0 Å². The Morgan fingerprint density at radius 2 is 2.12 bits per heavy atom. The third kappa shape index (κ3) is 3.00. The first-order valence-corrected chi connectivity index (χ1v) is 5.80. The highest BCUT2D eigenvalue weighted by Gasteiger charge is 2.10. The lowest BCUT2D eigenvalue weighted by Crippen LogP contribution is -2.03. The van der Waals surface area contributed by atoms with E-state index in [1.165, 1.54) is 5.56 Å². The van der Waals surface area contributed by atoms with E-state index in [4.69, 9.17) is 10.00 Å². The summed E-state index contributed by atoms with van der Waals surface area (Å²) in [5, 5.41) is 8.99. The van der Waals surface area contributed by atoms with E-state index in [-0.39, 0.29) is 5.92 Å². The molecule has 0 bridgehead atoms. The second-order valence-corrected chi connectivity index (χ2v) is 3.94. The van der Waals surface area contributed by atoms with Crippen molar-refractivity contribution < 1.29 is 4.74 Å². The zero-order chi connectivity index (χ0) is 12.0. The van der Waals surface area contributed by atoms with Crippen LogP contribution in [0.5, 0.6) is 5.75 Å². The van der Waals surface area contributed by atoms with E-state index >= 15 is 0 Å². The minimum absolute atomic E-state index is 0.0843. The molecular formula is C14H19NO. The minimum atomic E-state index is 0.0843. The zero-order valence-corrected chi connectivity index (χ0v) is 10.3. The van der Waals surface area contributed by atoms with Crippen LogP contribution < -0.4 is 4.74 Å². The summed E-state index contributed by atoms with van der Waals surface area (Å²) in [5.74, 6) is 0.979. The fourth-order valence-corrected chi connectivity index (χ4v) is 1.76. The van der Waals surface area contributed by atoms with Gasteiger partial charge in [-0.05, 0) is 36.5 Å². The number of nitrogens with zero attached hydrogens (tertiary/aromatic N) is 1. The first kappa shape index (κ1) is 12.6. The summed E-state index contributed by atoms with van der Waals surface area (Å²) < 4.78 is 5.33. The number of benzene rings is 1. The van der Waals surface area contributed by atoms with Gasteiger partial charge in [0.15, 0.2) is 0 Å². The molecule has 16 heavy (non-hydrogen) atoms. The molecule has 0 radical (unpaired) electrons. The highest BCUT2D eigenvalue weighted by molar-refractivity contribution is 5.38. The van der Waals surface area contributed by atoms with Gasteiger partial charge >= 0.3 is 0 Å². The number of ether oxygens (including phenoxy) is 1. The Bertz CT molecular complexity index is 379. The van der Waals surface area contributed by atoms with Crippen LogP contribution in [0.3, 0.4) is 0 Å². The van der Waals surface area contributed by atoms with Gasteiger partial charge in [0.2, 0.25) is 0 Å². The molecule has 0 aromatic heterocycles. The molecule has 2 heteroatoms. The smallest absolute Gasteiger partial charge is 0.122 e. The normalized spacial score (nSPS) is 11.9. The minimum Gasteiger partial charge on any atom is -0.496 e. The molecule has 0 N–H and O–H groups in total. The standard InChI is InChI=1S/C14H19NO/c1-4-11-6-7-14(16-3)13(8-11)9-12(5-2)10-15/h6-8,12H,4-5,9H2,1-3H3. The monoisotopic (exact) mass is 217 g/mol. The molecule has 0 spiro atoms. The Kier molecular flexibility index (Phi) is 4.85. The summed E-state index contributed by atoms with van der Waals surface area (Å²) in [5.41, 5.74) is 2.44. The average Bonchev–Trinajstić information content (AvgIpc) is 2.35. The Morgan fingerprint density at radius 3 is 2.62 bits per heavy atom. The van der Waals surface area contributed by atoms with Crippen molar-refractivity contribution in [2.24, 2.45) is 5.92 Å². The van der Waals surface area contributed by atoms with Gasteiger partial charge in [-0.2, -0.15) is 5.26 Å². The van der Waals surface area contributed by atoms with Gasteiger partial charge in [0, 0.05) is 0 Å². The maximum absolute atomic E-state index is 8.99. The van der Waals surface area contributed by atoms with Crippen LogP contribution in [-0.2, 0) is 12.8 Å². The summed E-state index contributed by atoms with van der Waals surface area (Å²) in [6.07, 6.45) is 2.68. The van der Waals surface area contributed by atoms with Crippen LogP contribution in [0.1, 0.15) is 31.4 Å². The molecule has 2 nitrogen and oxygen atoms in total. The molecule has 0 saturated carbocycles. The molecule has 0 saturated heterocycles. The van der Waals surface area contributed by atoms with Gasteiger partial charge in [-0.1, -0.05) is 26.0 Å². The van der Waals surface area contributed by atoms with Gasteiger partial charge in [0.1, 0.15) is 5.75 Å². The van der Waals surface area contributed by atoms with Crippen molar-refractivity contribution in [3.05, 3.63) is 29.3 Å². The molecular weight excluding hydrogens is 198 g/mol. The van der Waals surface area contributed by atoms with Crippen molar-refractivity contribution in [2.75, 3.05) is 7.11 Å². The van der Waals surface area contributed by atoms with Crippen LogP contribution in [0.2, 0.25) is 0 Å². The number of rotatable bonds is 5. The summed E-state index contributed by atoms with van der Waals surface area (Å²) in [4.78, 5) is 0. The zero-order valence-electron chi connectivity index (χ0n) is 10.3. The fourth-order valence-electron chi connectivity index (χ4n) is 1.76. The van der Waals surface area contributed by atoms with Gasteiger partial charge in [0.25, 0.3) is 0 Å². The summed E-state index contributed by atoms with van der Waals surface area (Å²) in [7, 11) is 1.68. The lowest BCUT2D eigenvalue weighted by Gasteiger charge is -2.12. The Hall–Kier alpha value is -1.49. The van der Waals surface area contributed by atoms with Gasteiger partial charge < -0.3 is 4.74 Å². The second-order valence-electron chi connectivity index (χ2n) is 3.94. The third-order valence-corrected chi connectivity index (χ3v) is 2.89. The van der Waals surface area contributed by atoms with Gasteiger partial charge in [-0.15, -0.1) is 0 Å². The van der Waals surface area contributed by atoms with Crippen molar-refractivity contribution >= 4 is 0 Å². The summed E-state index contributed by atoms with van der Waals surface area (Å²) in [6, 6.07) is 8.56. The molecule has 0 aliphatic heterocycles. The maximum atomic E-state index is 8.99. The van der Waals surface area contributed by atoms with E-state index < -0.39 is 0 Å². The van der Waals surface area contributed by atoms with Crippen LogP contribution in [0.25, 0.3) is 0 Å². The molecule has 1 atom stereocenters. The fraction of sp³-hybridized carbons (Fsp3) is 0.500. The van der Waals surface area contributed by atoms with E-state index in [0.29, 0.717) is 0 Å². The summed E-state index contributed by atoms with van der Waals surface area (Å²) in [6.45, 7) is 4.18. The van der Waals surface area contributed by atoms with Crippen molar-refractivity contribution in [1.82, 2.24) is 0 Å². The number of hydrogen-bond acceptors (Lipinski definition) is 2.